The van der Waals surface area contributed by atoms with Crippen LogP contribution in [0.1, 0.15) is 56.2 Å². The van der Waals surface area contributed by atoms with Crippen LogP contribution in [0.5, 0.6) is 11.5 Å². The maximum absolute atomic E-state index is 14.0. The van der Waals surface area contributed by atoms with Gasteiger partial charge in [-0.15, -0.1) is 0 Å². The van der Waals surface area contributed by atoms with E-state index in [4.69, 9.17) is 9.47 Å². The van der Waals surface area contributed by atoms with Gasteiger partial charge in [-0.1, -0.05) is 49.4 Å². The van der Waals surface area contributed by atoms with Crippen LogP contribution in [0.2, 0.25) is 0 Å². The van der Waals surface area contributed by atoms with E-state index in [-0.39, 0.29) is 17.6 Å². The summed E-state index contributed by atoms with van der Waals surface area (Å²) in [5, 5.41) is 3.56. The third-order valence-electron chi connectivity index (χ3n) is 7.09. The number of allylic oxidation sites excluding steroid dienone is 1. The number of carbonyl (C=O) groups is 2. The standard InChI is InChI=1S/C31H32N2O4/c1-4-17-37-29-12-8-5-9-24(29)31-30-26(32-25-10-6-7-11-27(25)33(31)20(2)34)18-22(19-28(30)35)21-13-15-23(36-3)16-14-21/h5-16,22,31-32H,4,17-19H2,1-3H3/t22-,31-/m1/s1. The molecule has 0 spiro atoms. The average molecular weight is 497 g/mol. The molecule has 3 aromatic rings. The van der Waals surface area contributed by atoms with Gasteiger partial charge in [-0.2, -0.15) is 0 Å². The zero-order chi connectivity index (χ0) is 25.9. The molecule has 1 N–H and O–H groups in total. The van der Waals surface area contributed by atoms with Gasteiger partial charge in [-0.05, 0) is 54.7 Å². The van der Waals surface area contributed by atoms with Gasteiger partial charge in [-0.3, -0.25) is 14.5 Å². The van der Waals surface area contributed by atoms with Crippen molar-refractivity contribution in [3.8, 4) is 11.5 Å². The average Bonchev–Trinajstić information content (AvgIpc) is 3.06. The van der Waals surface area contributed by atoms with E-state index in [2.05, 4.69) is 12.2 Å². The molecule has 3 aromatic carbocycles. The van der Waals surface area contributed by atoms with Gasteiger partial charge in [0.2, 0.25) is 5.91 Å². The number of nitrogens with one attached hydrogen (secondary N) is 1. The summed E-state index contributed by atoms with van der Waals surface area (Å²) in [7, 11) is 1.64. The van der Waals surface area contributed by atoms with E-state index in [1.807, 2.05) is 72.8 Å². The number of carbonyl (C=O) groups excluding carboxylic acids is 2. The minimum absolute atomic E-state index is 0.0212. The number of fused-ring (bicyclic) bond motifs is 1. The van der Waals surface area contributed by atoms with Gasteiger partial charge in [0.05, 0.1) is 31.1 Å². The predicted octanol–water partition coefficient (Wildman–Crippen LogP) is 6.40. The van der Waals surface area contributed by atoms with Gasteiger partial charge < -0.3 is 14.8 Å². The first-order chi connectivity index (χ1) is 18.0. The molecule has 0 unspecified atom stereocenters. The number of rotatable bonds is 6. The lowest BCUT2D eigenvalue weighted by Crippen LogP contribution is -2.37. The summed E-state index contributed by atoms with van der Waals surface area (Å²) < 4.78 is 11.4. The normalized spacial score (nSPS) is 18.9. The molecule has 0 saturated heterocycles. The molecule has 190 valence electrons. The smallest absolute Gasteiger partial charge is 0.224 e. The fraction of sp³-hybridized carbons (Fsp3) is 0.290. The summed E-state index contributed by atoms with van der Waals surface area (Å²) in [5.74, 6) is 1.39. The summed E-state index contributed by atoms with van der Waals surface area (Å²) in [4.78, 5) is 29.0. The Balaban J connectivity index is 1.68. The molecule has 5 rings (SSSR count). The molecule has 0 radical (unpaired) electrons. The number of para-hydroxylation sites is 3. The van der Waals surface area contributed by atoms with Crippen LogP contribution >= 0.6 is 0 Å². The van der Waals surface area contributed by atoms with Crippen LogP contribution in [0.15, 0.2) is 84.1 Å². The number of amides is 1. The molecule has 0 bridgehead atoms. The van der Waals surface area contributed by atoms with Crippen LogP contribution in [-0.2, 0) is 9.59 Å². The topological polar surface area (TPSA) is 67.9 Å². The zero-order valence-electron chi connectivity index (χ0n) is 21.5. The van der Waals surface area contributed by atoms with Gasteiger partial charge >= 0.3 is 0 Å². The second kappa shape index (κ2) is 10.5. The molecule has 1 amide bonds. The highest BCUT2D eigenvalue weighted by molar-refractivity contribution is 6.06. The Hall–Kier alpha value is -4.06. The van der Waals surface area contributed by atoms with Crippen molar-refractivity contribution < 1.29 is 19.1 Å². The predicted molar refractivity (Wildman–Crippen MR) is 145 cm³/mol. The van der Waals surface area contributed by atoms with Crippen molar-refractivity contribution in [2.24, 2.45) is 0 Å². The van der Waals surface area contributed by atoms with E-state index >= 15 is 0 Å². The van der Waals surface area contributed by atoms with Crippen LogP contribution in [0.4, 0.5) is 11.4 Å². The van der Waals surface area contributed by atoms with E-state index in [1.165, 1.54) is 0 Å². The largest absolute Gasteiger partial charge is 0.497 e. The molecule has 6 nitrogen and oxygen atoms in total. The SMILES string of the molecule is CCCOc1ccccc1[C@@H]1C2=C(C[C@@H](c3ccc(OC)cc3)CC2=O)Nc2ccccc2N1C(C)=O. The van der Waals surface area contributed by atoms with Crippen molar-refractivity contribution >= 4 is 23.1 Å². The first-order valence-electron chi connectivity index (χ1n) is 12.8. The van der Waals surface area contributed by atoms with E-state index in [0.29, 0.717) is 30.8 Å². The molecule has 0 saturated carbocycles. The zero-order valence-corrected chi connectivity index (χ0v) is 21.5. The number of methoxy groups -OCH3 is 1. The molecular formula is C31H32N2O4. The molecule has 6 heteroatoms. The van der Waals surface area contributed by atoms with Gasteiger partial charge in [-0.25, -0.2) is 0 Å². The van der Waals surface area contributed by atoms with E-state index in [1.54, 1.807) is 18.9 Å². The Kier molecular flexibility index (Phi) is 6.99. The number of hydrogen-bond acceptors (Lipinski definition) is 5. The van der Waals surface area contributed by atoms with Crippen molar-refractivity contribution in [1.29, 1.82) is 0 Å². The number of ether oxygens (including phenoxy) is 2. The van der Waals surface area contributed by atoms with Crippen LogP contribution < -0.4 is 19.7 Å². The van der Waals surface area contributed by atoms with Crippen molar-refractivity contribution in [3.63, 3.8) is 0 Å². The Morgan fingerprint density at radius 3 is 2.46 bits per heavy atom. The van der Waals surface area contributed by atoms with Crippen LogP contribution in [0.3, 0.4) is 0 Å². The molecular weight excluding hydrogens is 464 g/mol. The van der Waals surface area contributed by atoms with E-state index in [9.17, 15) is 9.59 Å². The Morgan fingerprint density at radius 2 is 1.73 bits per heavy atom. The molecule has 0 aromatic heterocycles. The fourth-order valence-corrected chi connectivity index (χ4v) is 5.39. The lowest BCUT2D eigenvalue weighted by molar-refractivity contribution is -0.117. The lowest BCUT2D eigenvalue weighted by atomic mass is 9.78. The third kappa shape index (κ3) is 4.71. The quantitative estimate of drug-likeness (QED) is 0.427. The van der Waals surface area contributed by atoms with Gasteiger partial charge in [0.25, 0.3) is 0 Å². The summed E-state index contributed by atoms with van der Waals surface area (Å²) in [5.41, 5.74) is 4.93. The number of ketones is 1. The van der Waals surface area contributed by atoms with Crippen LogP contribution in [0, 0.1) is 0 Å². The highest BCUT2D eigenvalue weighted by Crippen LogP contribution is 2.49. The second-order valence-electron chi connectivity index (χ2n) is 9.51. The molecule has 2 atom stereocenters. The van der Waals surface area contributed by atoms with Gasteiger partial charge in [0.15, 0.2) is 5.78 Å². The fourth-order valence-electron chi connectivity index (χ4n) is 5.39. The highest BCUT2D eigenvalue weighted by atomic mass is 16.5. The van der Waals surface area contributed by atoms with Gasteiger partial charge in [0.1, 0.15) is 11.5 Å². The van der Waals surface area contributed by atoms with Crippen LogP contribution in [0.25, 0.3) is 0 Å². The molecule has 0 fully saturated rings. The number of nitrogens with zero attached hydrogens (tertiary/aromatic N) is 1. The minimum Gasteiger partial charge on any atom is -0.497 e. The lowest BCUT2D eigenvalue weighted by Gasteiger charge is -2.35. The molecule has 1 aliphatic carbocycles. The Labute approximate surface area is 217 Å². The highest BCUT2D eigenvalue weighted by Gasteiger charge is 2.41. The molecule has 1 heterocycles. The summed E-state index contributed by atoms with van der Waals surface area (Å²) in [6.45, 7) is 4.16. The molecule has 2 aliphatic rings. The van der Waals surface area contributed by atoms with Crippen molar-refractivity contribution in [1.82, 2.24) is 0 Å². The number of benzene rings is 3. The molecule has 37 heavy (non-hydrogen) atoms. The third-order valence-corrected chi connectivity index (χ3v) is 7.09. The minimum atomic E-state index is -0.596. The number of anilines is 2. The number of hydrogen-bond donors (Lipinski definition) is 1. The summed E-state index contributed by atoms with van der Waals surface area (Å²) in [6.07, 6.45) is 1.88. The second-order valence-corrected chi connectivity index (χ2v) is 9.51. The van der Waals surface area contributed by atoms with Crippen molar-refractivity contribution in [3.05, 3.63) is 95.2 Å². The Morgan fingerprint density at radius 1 is 1.00 bits per heavy atom. The van der Waals surface area contributed by atoms with Crippen molar-refractivity contribution in [2.75, 3.05) is 23.9 Å². The number of Topliss-reactive ketones (excluding diaryl/α,β-unsaturated/α-hetero) is 1. The summed E-state index contributed by atoms with van der Waals surface area (Å²) >= 11 is 0. The van der Waals surface area contributed by atoms with Crippen molar-refractivity contribution in [2.45, 2.75) is 45.1 Å². The van der Waals surface area contributed by atoms with Crippen LogP contribution in [-0.4, -0.2) is 25.4 Å². The van der Waals surface area contributed by atoms with E-state index in [0.717, 1.165) is 40.4 Å². The monoisotopic (exact) mass is 496 g/mol. The van der Waals surface area contributed by atoms with Gasteiger partial charge in [0, 0.05) is 30.2 Å². The molecule has 1 aliphatic heterocycles. The Bertz CT molecular complexity index is 1350. The summed E-state index contributed by atoms with van der Waals surface area (Å²) in [6, 6.07) is 22.8. The first kappa shape index (κ1) is 24.6. The first-order valence-corrected chi connectivity index (χ1v) is 12.8. The maximum atomic E-state index is 14.0. The van der Waals surface area contributed by atoms with E-state index < -0.39 is 6.04 Å². The maximum Gasteiger partial charge on any atom is 0.224 e.